The van der Waals surface area contributed by atoms with Crippen molar-refractivity contribution in [3.63, 3.8) is 0 Å². The molecule has 1 aromatic rings. The Kier molecular flexibility index (Phi) is 5.72. The van der Waals surface area contributed by atoms with Crippen molar-refractivity contribution in [2.45, 2.75) is 20.3 Å². The molecule has 1 atom stereocenters. The number of carboxylic acid groups (broad SMARTS) is 1. The standard InChI is InChI=1S/C12H18N4O3/c1-3-8(12(18)19)7-14-10-6-5-9(15-16-10)11(17)13-4-2/h5-6,8H,3-4,7H2,1-2H3,(H,13,17)(H,14,16)(H,18,19). The first kappa shape index (κ1) is 14.9. The van der Waals surface area contributed by atoms with Crippen LogP contribution in [0.4, 0.5) is 5.82 Å². The van der Waals surface area contributed by atoms with Crippen molar-refractivity contribution in [1.82, 2.24) is 15.5 Å². The number of carbonyl (C=O) groups is 2. The Labute approximate surface area is 111 Å². The molecule has 104 valence electrons. The molecule has 7 nitrogen and oxygen atoms in total. The summed E-state index contributed by atoms with van der Waals surface area (Å²) < 4.78 is 0. The van der Waals surface area contributed by atoms with Crippen LogP contribution in [-0.2, 0) is 4.79 Å². The van der Waals surface area contributed by atoms with Gasteiger partial charge in [-0.15, -0.1) is 10.2 Å². The summed E-state index contributed by atoms with van der Waals surface area (Å²) in [5, 5.41) is 22.0. The van der Waals surface area contributed by atoms with Crippen molar-refractivity contribution in [3.05, 3.63) is 17.8 Å². The fraction of sp³-hybridized carbons (Fsp3) is 0.500. The van der Waals surface area contributed by atoms with Gasteiger partial charge in [-0.3, -0.25) is 9.59 Å². The van der Waals surface area contributed by atoms with Crippen LogP contribution in [0.1, 0.15) is 30.8 Å². The van der Waals surface area contributed by atoms with Gasteiger partial charge in [0.25, 0.3) is 5.91 Å². The molecule has 7 heteroatoms. The van der Waals surface area contributed by atoms with Crippen LogP contribution in [0.5, 0.6) is 0 Å². The van der Waals surface area contributed by atoms with Crippen molar-refractivity contribution in [1.29, 1.82) is 0 Å². The van der Waals surface area contributed by atoms with Crippen molar-refractivity contribution in [2.75, 3.05) is 18.4 Å². The summed E-state index contributed by atoms with van der Waals surface area (Å²) in [4.78, 5) is 22.3. The van der Waals surface area contributed by atoms with E-state index >= 15 is 0 Å². The smallest absolute Gasteiger partial charge is 0.308 e. The van der Waals surface area contributed by atoms with Crippen molar-refractivity contribution >= 4 is 17.7 Å². The summed E-state index contributed by atoms with van der Waals surface area (Å²) >= 11 is 0. The lowest BCUT2D eigenvalue weighted by atomic mass is 10.1. The van der Waals surface area contributed by atoms with E-state index in [1.165, 1.54) is 0 Å². The third kappa shape index (κ3) is 4.53. The van der Waals surface area contributed by atoms with Gasteiger partial charge < -0.3 is 15.7 Å². The van der Waals surface area contributed by atoms with E-state index in [-0.39, 0.29) is 18.1 Å². The number of nitrogens with one attached hydrogen (secondary N) is 2. The molecule has 19 heavy (non-hydrogen) atoms. The summed E-state index contributed by atoms with van der Waals surface area (Å²) in [6, 6.07) is 3.15. The maximum Gasteiger partial charge on any atom is 0.308 e. The van der Waals surface area contributed by atoms with Gasteiger partial charge in [0.2, 0.25) is 0 Å². The number of anilines is 1. The summed E-state index contributed by atoms with van der Waals surface area (Å²) in [7, 11) is 0. The fourth-order valence-corrected chi connectivity index (χ4v) is 1.43. The van der Waals surface area contributed by atoms with Crippen LogP contribution in [0.15, 0.2) is 12.1 Å². The maximum absolute atomic E-state index is 11.4. The van der Waals surface area contributed by atoms with Crippen molar-refractivity contribution in [2.24, 2.45) is 5.92 Å². The van der Waals surface area contributed by atoms with Crippen LogP contribution >= 0.6 is 0 Å². The topological polar surface area (TPSA) is 104 Å². The summed E-state index contributed by atoms with van der Waals surface area (Å²) in [6.07, 6.45) is 0.534. The zero-order chi connectivity index (χ0) is 14.3. The van der Waals surface area contributed by atoms with Gasteiger partial charge in [0.15, 0.2) is 5.69 Å². The molecule has 0 aliphatic heterocycles. The minimum absolute atomic E-state index is 0.234. The van der Waals surface area contributed by atoms with Gasteiger partial charge in [0, 0.05) is 13.1 Å². The molecule has 0 fully saturated rings. The van der Waals surface area contributed by atoms with Gasteiger partial charge in [-0.2, -0.15) is 0 Å². The average Bonchev–Trinajstić information content (AvgIpc) is 2.40. The molecule has 0 aliphatic rings. The Balaban J connectivity index is 2.57. The van der Waals surface area contributed by atoms with E-state index in [1.54, 1.807) is 12.1 Å². The fourth-order valence-electron chi connectivity index (χ4n) is 1.43. The normalized spacial score (nSPS) is 11.7. The van der Waals surface area contributed by atoms with E-state index in [1.807, 2.05) is 13.8 Å². The second kappa shape index (κ2) is 7.30. The van der Waals surface area contributed by atoms with Gasteiger partial charge >= 0.3 is 5.97 Å². The number of aliphatic carboxylic acids is 1. The van der Waals surface area contributed by atoms with E-state index in [9.17, 15) is 9.59 Å². The first-order valence-corrected chi connectivity index (χ1v) is 6.17. The quantitative estimate of drug-likeness (QED) is 0.672. The lowest BCUT2D eigenvalue weighted by Gasteiger charge is -2.11. The predicted molar refractivity (Wildman–Crippen MR) is 69.9 cm³/mol. The van der Waals surface area contributed by atoms with E-state index < -0.39 is 11.9 Å². The zero-order valence-corrected chi connectivity index (χ0v) is 11.0. The Bertz CT molecular complexity index is 433. The minimum atomic E-state index is -0.845. The number of hydrogen-bond acceptors (Lipinski definition) is 5. The minimum Gasteiger partial charge on any atom is -0.481 e. The third-order valence-electron chi connectivity index (χ3n) is 2.61. The number of amides is 1. The number of carboxylic acids is 1. The van der Waals surface area contributed by atoms with E-state index in [0.717, 1.165) is 0 Å². The molecule has 0 radical (unpaired) electrons. The van der Waals surface area contributed by atoms with Crippen LogP contribution in [0, 0.1) is 5.92 Å². The SMILES string of the molecule is CCNC(=O)c1ccc(NCC(CC)C(=O)O)nn1. The lowest BCUT2D eigenvalue weighted by molar-refractivity contribution is -0.141. The number of hydrogen-bond donors (Lipinski definition) is 3. The highest BCUT2D eigenvalue weighted by Crippen LogP contribution is 2.06. The van der Waals surface area contributed by atoms with Crippen LogP contribution in [0.25, 0.3) is 0 Å². The molecule has 1 amide bonds. The average molecular weight is 266 g/mol. The molecule has 0 bridgehead atoms. The second-order valence-corrected chi connectivity index (χ2v) is 3.99. The molecule has 0 spiro atoms. The summed E-state index contributed by atoms with van der Waals surface area (Å²) in [6.45, 7) is 4.43. The molecule has 1 aromatic heterocycles. The first-order valence-electron chi connectivity index (χ1n) is 6.17. The zero-order valence-electron chi connectivity index (χ0n) is 11.0. The molecule has 1 unspecified atom stereocenters. The van der Waals surface area contributed by atoms with Crippen molar-refractivity contribution in [3.8, 4) is 0 Å². The number of nitrogens with zero attached hydrogens (tertiary/aromatic N) is 2. The Morgan fingerprint density at radius 3 is 2.53 bits per heavy atom. The molecule has 0 aromatic carbocycles. The highest BCUT2D eigenvalue weighted by Gasteiger charge is 2.14. The molecule has 3 N–H and O–H groups in total. The van der Waals surface area contributed by atoms with Crippen LogP contribution < -0.4 is 10.6 Å². The molecule has 1 rings (SSSR count). The lowest BCUT2D eigenvalue weighted by Crippen LogP contribution is -2.25. The number of carbonyl (C=O) groups excluding carboxylic acids is 1. The monoisotopic (exact) mass is 266 g/mol. The van der Waals surface area contributed by atoms with E-state index in [4.69, 9.17) is 5.11 Å². The second-order valence-electron chi connectivity index (χ2n) is 3.99. The highest BCUT2D eigenvalue weighted by atomic mass is 16.4. The van der Waals surface area contributed by atoms with Gasteiger partial charge in [0.1, 0.15) is 5.82 Å². The Morgan fingerprint density at radius 1 is 1.32 bits per heavy atom. The van der Waals surface area contributed by atoms with Crippen LogP contribution in [0.2, 0.25) is 0 Å². The summed E-state index contributed by atoms with van der Waals surface area (Å²) in [5.74, 6) is -1.14. The van der Waals surface area contributed by atoms with Gasteiger partial charge in [-0.1, -0.05) is 6.92 Å². The van der Waals surface area contributed by atoms with E-state index in [0.29, 0.717) is 18.8 Å². The summed E-state index contributed by atoms with van der Waals surface area (Å²) in [5.41, 5.74) is 0.234. The molecular weight excluding hydrogens is 248 g/mol. The van der Waals surface area contributed by atoms with Gasteiger partial charge in [0.05, 0.1) is 5.92 Å². The molecule has 0 saturated carbocycles. The molecule has 0 saturated heterocycles. The molecular formula is C12H18N4O3. The predicted octanol–water partition coefficient (Wildman–Crippen LogP) is 0.749. The van der Waals surface area contributed by atoms with E-state index in [2.05, 4.69) is 20.8 Å². The van der Waals surface area contributed by atoms with Gasteiger partial charge in [-0.05, 0) is 25.5 Å². The molecule has 0 aliphatic carbocycles. The van der Waals surface area contributed by atoms with Crippen LogP contribution in [-0.4, -0.2) is 40.3 Å². The molecule has 1 heterocycles. The first-order chi connectivity index (χ1) is 9.08. The third-order valence-corrected chi connectivity index (χ3v) is 2.61. The maximum atomic E-state index is 11.4. The van der Waals surface area contributed by atoms with Crippen molar-refractivity contribution < 1.29 is 14.7 Å². The van der Waals surface area contributed by atoms with Gasteiger partial charge in [-0.25, -0.2) is 0 Å². The number of rotatable bonds is 7. The highest BCUT2D eigenvalue weighted by molar-refractivity contribution is 5.92. The number of aromatic nitrogens is 2. The Hall–Kier alpha value is -2.18. The Morgan fingerprint density at radius 2 is 2.05 bits per heavy atom. The largest absolute Gasteiger partial charge is 0.481 e. The van der Waals surface area contributed by atoms with Crippen LogP contribution in [0.3, 0.4) is 0 Å².